The van der Waals surface area contributed by atoms with Crippen LogP contribution in [0.1, 0.15) is 43.3 Å². The summed E-state index contributed by atoms with van der Waals surface area (Å²) in [4.78, 5) is 25.2. The van der Waals surface area contributed by atoms with Gasteiger partial charge in [0.25, 0.3) is 5.91 Å². The molecule has 2 aromatic rings. The van der Waals surface area contributed by atoms with E-state index >= 15 is 0 Å². The van der Waals surface area contributed by atoms with Gasteiger partial charge in [0, 0.05) is 13.1 Å². The molecule has 0 saturated heterocycles. The number of aryl methyl sites for hydroxylation is 2. The number of aromatic nitrogens is 1. The summed E-state index contributed by atoms with van der Waals surface area (Å²) in [6.45, 7) is 4.31. The molecule has 1 aromatic carbocycles. The number of benzene rings is 1. The smallest absolute Gasteiger partial charge is 0.335 e. The number of carboxylic acid groups (broad SMARTS) is 1. The number of amides is 1. The van der Waals surface area contributed by atoms with Crippen LogP contribution in [-0.2, 0) is 13.1 Å². The van der Waals surface area contributed by atoms with Crippen molar-refractivity contribution in [1.82, 2.24) is 10.1 Å². The fourth-order valence-electron chi connectivity index (χ4n) is 2.62. The number of nitrogens with zero attached hydrogens (tertiary/aromatic N) is 2. The second-order valence-corrected chi connectivity index (χ2v) is 5.15. The molecule has 0 saturated carbocycles. The second kappa shape index (κ2) is 4.73. The minimum atomic E-state index is -0.965. The third kappa shape index (κ3) is 2.18. The van der Waals surface area contributed by atoms with Crippen molar-refractivity contribution in [3.05, 3.63) is 51.9 Å². The van der Waals surface area contributed by atoms with Crippen LogP contribution in [0.25, 0.3) is 0 Å². The lowest BCUT2D eigenvalue weighted by atomic mass is 10.1. The van der Waals surface area contributed by atoms with E-state index in [9.17, 15) is 9.59 Å². The van der Waals surface area contributed by atoms with E-state index in [0.29, 0.717) is 30.1 Å². The molecule has 0 atom stereocenters. The van der Waals surface area contributed by atoms with Crippen molar-refractivity contribution < 1.29 is 19.2 Å². The zero-order chi connectivity index (χ0) is 15.1. The minimum absolute atomic E-state index is 0.140. The van der Waals surface area contributed by atoms with Gasteiger partial charge in [0.05, 0.1) is 11.3 Å². The van der Waals surface area contributed by atoms with Gasteiger partial charge in [0.15, 0.2) is 0 Å². The first-order valence-corrected chi connectivity index (χ1v) is 6.54. The zero-order valence-corrected chi connectivity index (χ0v) is 11.7. The van der Waals surface area contributed by atoms with Gasteiger partial charge in [-0.3, -0.25) is 4.79 Å². The van der Waals surface area contributed by atoms with Gasteiger partial charge in [0.1, 0.15) is 11.3 Å². The maximum absolute atomic E-state index is 12.5. The highest BCUT2D eigenvalue weighted by atomic mass is 16.5. The Hall–Kier alpha value is -2.63. The van der Waals surface area contributed by atoms with E-state index in [1.165, 1.54) is 0 Å². The number of hydrogen-bond acceptors (Lipinski definition) is 4. The van der Waals surface area contributed by atoms with E-state index in [4.69, 9.17) is 9.63 Å². The largest absolute Gasteiger partial charge is 0.478 e. The Balaban J connectivity index is 1.88. The molecule has 1 aliphatic heterocycles. The Kier molecular flexibility index (Phi) is 3.01. The van der Waals surface area contributed by atoms with Gasteiger partial charge in [-0.25, -0.2) is 4.79 Å². The average Bonchev–Trinajstić information content (AvgIpc) is 3.01. The van der Waals surface area contributed by atoms with E-state index in [-0.39, 0.29) is 11.5 Å². The van der Waals surface area contributed by atoms with E-state index < -0.39 is 5.97 Å². The van der Waals surface area contributed by atoms with Crippen LogP contribution < -0.4 is 0 Å². The molecule has 1 aromatic heterocycles. The number of carbonyl (C=O) groups is 2. The molecule has 21 heavy (non-hydrogen) atoms. The third-order valence-electron chi connectivity index (χ3n) is 3.71. The highest BCUT2D eigenvalue weighted by Crippen LogP contribution is 2.27. The first kappa shape index (κ1) is 13.4. The van der Waals surface area contributed by atoms with Crippen LogP contribution in [0.4, 0.5) is 0 Å². The SMILES string of the molecule is Cc1noc(C)c1C(=O)N1Cc2ccc(C(=O)O)cc2C1. The highest BCUT2D eigenvalue weighted by Gasteiger charge is 2.28. The molecule has 0 aliphatic carbocycles. The lowest BCUT2D eigenvalue weighted by molar-refractivity contribution is 0.0696. The molecule has 1 N–H and O–H groups in total. The summed E-state index contributed by atoms with van der Waals surface area (Å²) >= 11 is 0. The summed E-state index contributed by atoms with van der Waals surface area (Å²) in [5.41, 5.74) is 3.14. The number of rotatable bonds is 2. The summed E-state index contributed by atoms with van der Waals surface area (Å²) in [5, 5.41) is 12.8. The quantitative estimate of drug-likeness (QED) is 0.914. The first-order chi connectivity index (χ1) is 9.97. The minimum Gasteiger partial charge on any atom is -0.478 e. The van der Waals surface area contributed by atoms with E-state index in [1.807, 2.05) is 0 Å². The van der Waals surface area contributed by atoms with Gasteiger partial charge in [0.2, 0.25) is 0 Å². The molecule has 0 fully saturated rings. The Morgan fingerprint density at radius 3 is 2.57 bits per heavy atom. The molecular weight excluding hydrogens is 272 g/mol. The molecule has 0 spiro atoms. The lowest BCUT2D eigenvalue weighted by Crippen LogP contribution is -2.26. The van der Waals surface area contributed by atoms with Crippen molar-refractivity contribution in [3.8, 4) is 0 Å². The number of fused-ring (bicyclic) bond motifs is 1. The van der Waals surface area contributed by atoms with E-state index in [1.54, 1.807) is 36.9 Å². The van der Waals surface area contributed by atoms with Crippen molar-refractivity contribution in [2.45, 2.75) is 26.9 Å². The van der Waals surface area contributed by atoms with Crippen LogP contribution in [0.15, 0.2) is 22.7 Å². The maximum Gasteiger partial charge on any atom is 0.335 e. The van der Waals surface area contributed by atoms with Crippen LogP contribution in [0, 0.1) is 13.8 Å². The first-order valence-electron chi connectivity index (χ1n) is 6.54. The molecule has 0 radical (unpaired) electrons. The second-order valence-electron chi connectivity index (χ2n) is 5.15. The maximum atomic E-state index is 12.5. The topological polar surface area (TPSA) is 83.6 Å². The standard InChI is InChI=1S/C15H14N2O4/c1-8-13(9(2)21-16-8)14(18)17-6-11-4-3-10(15(19)20)5-12(11)7-17/h3-5H,6-7H2,1-2H3,(H,19,20). The molecule has 3 rings (SSSR count). The van der Waals surface area contributed by atoms with Crippen LogP contribution in [0.5, 0.6) is 0 Å². The van der Waals surface area contributed by atoms with Crippen LogP contribution in [0.3, 0.4) is 0 Å². The highest BCUT2D eigenvalue weighted by molar-refractivity contribution is 5.96. The predicted octanol–water partition coefficient (Wildman–Crippen LogP) is 2.15. The number of aromatic carboxylic acids is 1. The lowest BCUT2D eigenvalue weighted by Gasteiger charge is -2.14. The Bertz CT molecular complexity index is 729. The predicted molar refractivity (Wildman–Crippen MR) is 73.0 cm³/mol. The number of hydrogen-bond donors (Lipinski definition) is 1. The van der Waals surface area contributed by atoms with Crippen molar-refractivity contribution in [1.29, 1.82) is 0 Å². The zero-order valence-electron chi connectivity index (χ0n) is 11.7. The normalized spacial score (nSPS) is 13.3. The summed E-state index contributed by atoms with van der Waals surface area (Å²) in [6, 6.07) is 4.95. The molecule has 1 aliphatic rings. The molecule has 1 amide bonds. The molecule has 108 valence electrons. The monoisotopic (exact) mass is 286 g/mol. The van der Waals surface area contributed by atoms with Gasteiger partial charge >= 0.3 is 5.97 Å². The molecule has 6 nitrogen and oxygen atoms in total. The molecule has 2 heterocycles. The summed E-state index contributed by atoms with van der Waals surface area (Å²) in [5.74, 6) is -0.604. The van der Waals surface area contributed by atoms with Crippen molar-refractivity contribution in [2.75, 3.05) is 0 Å². The van der Waals surface area contributed by atoms with Crippen molar-refractivity contribution in [2.24, 2.45) is 0 Å². The fourth-order valence-corrected chi connectivity index (χ4v) is 2.62. The van der Waals surface area contributed by atoms with Gasteiger partial charge in [-0.2, -0.15) is 0 Å². The van der Waals surface area contributed by atoms with Gasteiger partial charge in [-0.15, -0.1) is 0 Å². The number of carboxylic acids is 1. The third-order valence-corrected chi connectivity index (χ3v) is 3.71. The van der Waals surface area contributed by atoms with Crippen LogP contribution in [0.2, 0.25) is 0 Å². The van der Waals surface area contributed by atoms with Gasteiger partial charge in [-0.1, -0.05) is 11.2 Å². The molecule has 6 heteroatoms. The molecule has 0 bridgehead atoms. The van der Waals surface area contributed by atoms with Crippen LogP contribution in [-0.4, -0.2) is 27.0 Å². The Morgan fingerprint density at radius 2 is 1.95 bits per heavy atom. The molecular formula is C15H14N2O4. The Morgan fingerprint density at radius 1 is 1.24 bits per heavy atom. The van der Waals surface area contributed by atoms with Crippen LogP contribution >= 0.6 is 0 Å². The van der Waals surface area contributed by atoms with E-state index in [2.05, 4.69) is 5.16 Å². The van der Waals surface area contributed by atoms with Crippen molar-refractivity contribution >= 4 is 11.9 Å². The summed E-state index contributed by atoms with van der Waals surface area (Å²) < 4.78 is 5.03. The Labute approximate surface area is 121 Å². The van der Waals surface area contributed by atoms with E-state index in [0.717, 1.165) is 11.1 Å². The van der Waals surface area contributed by atoms with Gasteiger partial charge in [-0.05, 0) is 37.1 Å². The number of carbonyl (C=O) groups excluding carboxylic acids is 1. The average molecular weight is 286 g/mol. The fraction of sp³-hybridized carbons (Fsp3) is 0.267. The summed E-state index contributed by atoms with van der Waals surface area (Å²) in [6.07, 6.45) is 0. The summed E-state index contributed by atoms with van der Waals surface area (Å²) in [7, 11) is 0. The molecule has 0 unspecified atom stereocenters. The van der Waals surface area contributed by atoms with Gasteiger partial charge < -0.3 is 14.5 Å². The van der Waals surface area contributed by atoms with Crippen molar-refractivity contribution in [3.63, 3.8) is 0 Å².